The first-order chi connectivity index (χ1) is 17.1. The summed E-state index contributed by atoms with van der Waals surface area (Å²) in [5, 5.41) is 1.64. The van der Waals surface area contributed by atoms with Crippen LogP contribution in [0.2, 0.25) is 0 Å². The van der Waals surface area contributed by atoms with Crippen molar-refractivity contribution in [1.29, 1.82) is 0 Å². The van der Waals surface area contributed by atoms with Crippen LogP contribution in [0.1, 0.15) is 72.2 Å². The quantitative estimate of drug-likeness (QED) is 0.184. The van der Waals surface area contributed by atoms with Gasteiger partial charge in [-0.2, -0.15) is 0 Å². The Morgan fingerprint density at radius 3 is 1.14 bits per heavy atom. The van der Waals surface area contributed by atoms with E-state index in [1.165, 1.54) is 55.6 Å². The molecule has 0 aliphatic heterocycles. The summed E-state index contributed by atoms with van der Waals surface area (Å²) in [6.07, 6.45) is 0. The molecule has 0 saturated carbocycles. The van der Waals surface area contributed by atoms with Gasteiger partial charge in [-0.1, -0.05) is 144 Å². The Balaban J connectivity index is 1.87. The lowest BCUT2D eigenvalue weighted by Crippen LogP contribution is -2.20. The molecule has 0 saturated heterocycles. The number of halogens is 2. The minimum Gasteiger partial charge on any atom is -0.0876 e. The maximum atomic E-state index is 3.83. The lowest BCUT2D eigenvalue weighted by Gasteiger charge is -2.30. The van der Waals surface area contributed by atoms with Crippen LogP contribution in [0.4, 0.5) is 0 Å². The minimum atomic E-state index is -0.0711. The van der Waals surface area contributed by atoms with E-state index in [1.807, 2.05) is 0 Å². The minimum absolute atomic E-state index is 0.0711. The van der Waals surface area contributed by atoms with Gasteiger partial charge in [-0.3, -0.25) is 0 Å². The summed E-state index contributed by atoms with van der Waals surface area (Å²) < 4.78 is 0. The number of hydrogen-bond acceptors (Lipinski definition) is 0. The van der Waals surface area contributed by atoms with Gasteiger partial charge in [-0.05, 0) is 69.5 Å². The monoisotopic (exact) mass is 602 g/mol. The van der Waals surface area contributed by atoms with Crippen molar-refractivity contribution in [3.05, 3.63) is 129 Å². The number of aryl methyl sites for hydroxylation is 2. The zero-order chi connectivity index (χ0) is 26.1. The molecule has 4 rings (SSSR count). The SMILES string of the molecule is Cc1cc(C(C)(C)c2ccccc2)cc(CBr)c1-c1c(C)cc(C(C)(C)c2ccccc2)cc1CBr. The van der Waals surface area contributed by atoms with Gasteiger partial charge in [0.2, 0.25) is 0 Å². The van der Waals surface area contributed by atoms with Crippen molar-refractivity contribution in [2.75, 3.05) is 0 Å². The molecule has 0 atom stereocenters. The third-order valence-corrected chi connectivity index (χ3v) is 9.01. The fourth-order valence-electron chi connectivity index (χ4n) is 5.41. The molecular formula is C34H36Br2. The Labute approximate surface area is 234 Å². The first-order valence-electron chi connectivity index (χ1n) is 12.6. The van der Waals surface area contributed by atoms with E-state index in [2.05, 4.69) is 158 Å². The molecule has 0 fully saturated rings. The predicted molar refractivity (Wildman–Crippen MR) is 164 cm³/mol. The average molecular weight is 604 g/mol. The van der Waals surface area contributed by atoms with E-state index in [-0.39, 0.29) is 10.8 Å². The lowest BCUT2D eigenvalue weighted by molar-refractivity contribution is 0.639. The van der Waals surface area contributed by atoms with Crippen molar-refractivity contribution < 1.29 is 0 Å². The van der Waals surface area contributed by atoms with Crippen LogP contribution in [0.5, 0.6) is 0 Å². The number of rotatable bonds is 7. The number of benzene rings is 4. The van der Waals surface area contributed by atoms with Crippen molar-refractivity contribution >= 4 is 31.9 Å². The molecule has 0 unspecified atom stereocenters. The molecule has 0 bridgehead atoms. The Kier molecular flexibility index (Phi) is 7.98. The largest absolute Gasteiger partial charge is 0.0876 e. The molecule has 0 aliphatic carbocycles. The fourth-order valence-corrected chi connectivity index (χ4v) is 6.30. The molecule has 4 aromatic carbocycles. The highest BCUT2D eigenvalue weighted by atomic mass is 79.9. The van der Waals surface area contributed by atoms with Gasteiger partial charge in [0.15, 0.2) is 0 Å². The number of alkyl halides is 2. The van der Waals surface area contributed by atoms with Gasteiger partial charge in [0.1, 0.15) is 0 Å². The van der Waals surface area contributed by atoms with E-state index >= 15 is 0 Å². The van der Waals surface area contributed by atoms with Crippen molar-refractivity contribution in [1.82, 2.24) is 0 Å². The van der Waals surface area contributed by atoms with Crippen LogP contribution in [-0.2, 0) is 21.5 Å². The summed E-state index contributed by atoms with van der Waals surface area (Å²) in [5.41, 5.74) is 13.3. The highest BCUT2D eigenvalue weighted by Gasteiger charge is 2.28. The van der Waals surface area contributed by atoms with E-state index < -0.39 is 0 Å². The van der Waals surface area contributed by atoms with Crippen LogP contribution in [0, 0.1) is 13.8 Å². The van der Waals surface area contributed by atoms with Crippen molar-refractivity contribution in [3.8, 4) is 11.1 Å². The van der Waals surface area contributed by atoms with E-state index in [9.17, 15) is 0 Å². The summed E-state index contributed by atoms with van der Waals surface area (Å²) in [6, 6.07) is 31.2. The van der Waals surface area contributed by atoms with Crippen molar-refractivity contribution in [2.45, 2.75) is 63.0 Å². The lowest BCUT2D eigenvalue weighted by atomic mass is 9.74. The molecule has 0 nitrogen and oxygen atoms in total. The van der Waals surface area contributed by atoms with E-state index in [1.54, 1.807) is 0 Å². The Bertz CT molecular complexity index is 1240. The normalized spacial score (nSPS) is 12.1. The molecule has 0 radical (unpaired) electrons. The standard InChI is InChI=1S/C34H36Br2/c1-23-17-29(33(3,4)27-13-9-7-10-14-27)19-25(21-35)31(23)32-24(2)18-30(20-26(32)22-36)34(5,6)28-15-11-8-12-16-28/h7-20H,21-22H2,1-6H3. The van der Waals surface area contributed by atoms with Gasteiger partial charge in [-0.15, -0.1) is 0 Å². The summed E-state index contributed by atoms with van der Waals surface area (Å²) in [4.78, 5) is 0. The smallest absolute Gasteiger partial charge is 0.0289 e. The molecule has 36 heavy (non-hydrogen) atoms. The summed E-state index contributed by atoms with van der Waals surface area (Å²) in [7, 11) is 0. The predicted octanol–water partition coefficient (Wildman–Crippen LogP) is 10.4. The second-order valence-corrected chi connectivity index (χ2v) is 12.0. The second-order valence-electron chi connectivity index (χ2n) is 10.9. The van der Waals surface area contributed by atoms with Crippen LogP contribution in [0.3, 0.4) is 0 Å². The maximum Gasteiger partial charge on any atom is 0.0289 e. The third kappa shape index (κ3) is 5.00. The highest BCUT2D eigenvalue weighted by molar-refractivity contribution is 9.08. The molecule has 0 spiro atoms. The average Bonchev–Trinajstić information content (AvgIpc) is 2.89. The van der Waals surface area contributed by atoms with Gasteiger partial charge in [0.25, 0.3) is 0 Å². The van der Waals surface area contributed by atoms with Crippen LogP contribution >= 0.6 is 31.9 Å². The molecule has 0 heterocycles. The van der Waals surface area contributed by atoms with E-state index in [0.717, 1.165) is 10.7 Å². The van der Waals surface area contributed by atoms with Gasteiger partial charge < -0.3 is 0 Å². The second kappa shape index (κ2) is 10.7. The van der Waals surface area contributed by atoms with Crippen LogP contribution < -0.4 is 0 Å². The van der Waals surface area contributed by atoms with Gasteiger partial charge in [0, 0.05) is 21.5 Å². The first-order valence-corrected chi connectivity index (χ1v) is 14.9. The zero-order valence-corrected chi connectivity index (χ0v) is 25.4. The van der Waals surface area contributed by atoms with Crippen LogP contribution in [0.25, 0.3) is 11.1 Å². The summed E-state index contributed by atoms with van der Waals surface area (Å²) >= 11 is 7.67. The van der Waals surface area contributed by atoms with Gasteiger partial charge in [0.05, 0.1) is 0 Å². The Hall–Kier alpha value is -2.16. The van der Waals surface area contributed by atoms with Crippen molar-refractivity contribution in [2.24, 2.45) is 0 Å². The molecule has 0 amide bonds. The van der Waals surface area contributed by atoms with Gasteiger partial charge >= 0.3 is 0 Å². The topological polar surface area (TPSA) is 0 Å². The molecule has 0 N–H and O–H groups in total. The van der Waals surface area contributed by atoms with Crippen LogP contribution in [-0.4, -0.2) is 0 Å². The van der Waals surface area contributed by atoms with E-state index in [0.29, 0.717) is 0 Å². The Morgan fingerprint density at radius 2 is 0.833 bits per heavy atom. The van der Waals surface area contributed by atoms with E-state index in [4.69, 9.17) is 0 Å². The van der Waals surface area contributed by atoms with Crippen LogP contribution in [0.15, 0.2) is 84.9 Å². The molecular weight excluding hydrogens is 568 g/mol. The van der Waals surface area contributed by atoms with Gasteiger partial charge in [-0.25, -0.2) is 0 Å². The molecule has 186 valence electrons. The number of hydrogen-bond donors (Lipinski definition) is 0. The summed E-state index contributed by atoms with van der Waals surface area (Å²) in [6.45, 7) is 13.8. The fraction of sp³-hybridized carbons (Fsp3) is 0.294. The Morgan fingerprint density at radius 1 is 0.500 bits per heavy atom. The molecule has 2 heteroatoms. The molecule has 4 aromatic rings. The third-order valence-electron chi connectivity index (χ3n) is 7.81. The first kappa shape index (κ1) is 26.9. The molecule has 0 aromatic heterocycles. The zero-order valence-electron chi connectivity index (χ0n) is 22.3. The maximum absolute atomic E-state index is 3.83. The molecule has 0 aliphatic rings. The summed E-state index contributed by atoms with van der Waals surface area (Å²) in [5.74, 6) is 0. The van der Waals surface area contributed by atoms with Crippen molar-refractivity contribution in [3.63, 3.8) is 0 Å². The highest BCUT2D eigenvalue weighted by Crippen LogP contribution is 2.42.